The SMILES string of the molecule is CN(C)C(=O)CN=C(NCCCN1CCOCC1)NCC1(C)CCCO1.I. The zero-order valence-corrected chi connectivity index (χ0v) is 19.3. The van der Waals surface area contributed by atoms with Crippen molar-refractivity contribution in [2.75, 3.05) is 73.2 Å². The molecule has 0 bridgehead atoms. The Hall–Kier alpha value is -0.650. The predicted molar refractivity (Wildman–Crippen MR) is 118 cm³/mol. The van der Waals surface area contributed by atoms with Crippen LogP contribution >= 0.6 is 24.0 Å². The summed E-state index contributed by atoms with van der Waals surface area (Å²) in [6.45, 7) is 9.29. The van der Waals surface area contributed by atoms with E-state index >= 15 is 0 Å². The lowest BCUT2D eigenvalue weighted by molar-refractivity contribution is -0.127. The van der Waals surface area contributed by atoms with Crippen molar-refractivity contribution in [3.8, 4) is 0 Å². The molecule has 1 atom stereocenters. The molecule has 27 heavy (non-hydrogen) atoms. The smallest absolute Gasteiger partial charge is 0.243 e. The van der Waals surface area contributed by atoms with Crippen molar-refractivity contribution in [1.82, 2.24) is 20.4 Å². The Morgan fingerprint density at radius 3 is 2.59 bits per heavy atom. The number of likely N-dealkylation sites (N-methyl/N-ethyl adjacent to an activating group) is 1. The lowest BCUT2D eigenvalue weighted by atomic mass is 10.0. The van der Waals surface area contributed by atoms with E-state index in [1.807, 2.05) is 0 Å². The van der Waals surface area contributed by atoms with E-state index < -0.39 is 0 Å². The summed E-state index contributed by atoms with van der Waals surface area (Å²) >= 11 is 0. The van der Waals surface area contributed by atoms with Gasteiger partial charge in [-0.15, -0.1) is 24.0 Å². The first-order valence-electron chi connectivity index (χ1n) is 9.65. The number of carbonyl (C=O) groups is 1. The largest absolute Gasteiger partial charge is 0.379 e. The molecule has 2 aliphatic heterocycles. The second-order valence-electron chi connectivity index (χ2n) is 7.44. The van der Waals surface area contributed by atoms with Crippen molar-refractivity contribution >= 4 is 35.8 Å². The average Bonchev–Trinajstić information content (AvgIpc) is 3.07. The summed E-state index contributed by atoms with van der Waals surface area (Å²) in [5.41, 5.74) is -0.151. The second kappa shape index (κ2) is 12.7. The minimum absolute atomic E-state index is 0. The van der Waals surface area contributed by atoms with E-state index in [1.165, 1.54) is 0 Å². The first kappa shape index (κ1) is 24.4. The van der Waals surface area contributed by atoms with Crippen LogP contribution in [0.5, 0.6) is 0 Å². The molecule has 2 rings (SSSR count). The van der Waals surface area contributed by atoms with Gasteiger partial charge in [-0.3, -0.25) is 9.69 Å². The Morgan fingerprint density at radius 1 is 1.22 bits per heavy atom. The maximum absolute atomic E-state index is 11.8. The van der Waals surface area contributed by atoms with Crippen LogP contribution in [-0.2, 0) is 14.3 Å². The third-order valence-corrected chi connectivity index (χ3v) is 4.85. The number of hydrogen-bond donors (Lipinski definition) is 2. The molecule has 2 N–H and O–H groups in total. The second-order valence-corrected chi connectivity index (χ2v) is 7.44. The monoisotopic (exact) mass is 497 g/mol. The number of ether oxygens (including phenoxy) is 2. The van der Waals surface area contributed by atoms with Gasteiger partial charge in [0.25, 0.3) is 0 Å². The highest BCUT2D eigenvalue weighted by molar-refractivity contribution is 14.0. The number of nitrogens with one attached hydrogen (secondary N) is 2. The predicted octanol–water partition coefficient (Wildman–Crippen LogP) is 0.519. The summed E-state index contributed by atoms with van der Waals surface area (Å²) in [5.74, 6) is 0.668. The van der Waals surface area contributed by atoms with Crippen LogP contribution < -0.4 is 10.6 Å². The molecular weight excluding hydrogens is 461 g/mol. The third kappa shape index (κ3) is 9.40. The number of carbonyl (C=O) groups excluding carboxylic acids is 1. The highest BCUT2D eigenvalue weighted by atomic mass is 127. The van der Waals surface area contributed by atoms with Gasteiger partial charge in [0.05, 0.1) is 18.8 Å². The Morgan fingerprint density at radius 2 is 1.96 bits per heavy atom. The molecular formula is C18H36IN5O3. The van der Waals surface area contributed by atoms with Crippen LogP contribution in [0.25, 0.3) is 0 Å². The fraction of sp³-hybridized carbons (Fsp3) is 0.889. The van der Waals surface area contributed by atoms with Crippen molar-refractivity contribution in [1.29, 1.82) is 0 Å². The normalized spacial score (nSPS) is 23.6. The molecule has 0 spiro atoms. The number of amides is 1. The molecule has 0 aliphatic carbocycles. The Kier molecular flexibility index (Phi) is 11.5. The van der Waals surface area contributed by atoms with Crippen LogP contribution in [0.15, 0.2) is 4.99 Å². The highest BCUT2D eigenvalue weighted by Crippen LogP contribution is 2.23. The lowest BCUT2D eigenvalue weighted by Gasteiger charge is -2.27. The molecule has 158 valence electrons. The number of halogens is 1. The number of aliphatic imine (C=N–C) groups is 1. The summed E-state index contributed by atoms with van der Waals surface area (Å²) < 4.78 is 11.2. The van der Waals surface area contributed by atoms with Gasteiger partial charge in [-0.25, -0.2) is 4.99 Å². The van der Waals surface area contributed by atoms with Crippen molar-refractivity contribution in [2.45, 2.75) is 31.8 Å². The summed E-state index contributed by atoms with van der Waals surface area (Å²) in [5, 5.41) is 6.69. The lowest BCUT2D eigenvalue weighted by Crippen LogP contribution is -2.46. The summed E-state index contributed by atoms with van der Waals surface area (Å²) in [4.78, 5) is 20.2. The first-order valence-corrected chi connectivity index (χ1v) is 9.65. The molecule has 1 unspecified atom stereocenters. The van der Waals surface area contributed by atoms with E-state index in [0.717, 1.165) is 65.3 Å². The summed E-state index contributed by atoms with van der Waals surface area (Å²) in [7, 11) is 3.49. The zero-order valence-electron chi connectivity index (χ0n) is 17.0. The molecule has 0 aromatic rings. The number of rotatable bonds is 8. The molecule has 0 radical (unpaired) electrons. The van der Waals surface area contributed by atoms with Gasteiger partial charge in [-0.2, -0.15) is 0 Å². The van der Waals surface area contributed by atoms with E-state index in [2.05, 4.69) is 27.4 Å². The fourth-order valence-electron chi connectivity index (χ4n) is 3.04. The van der Waals surface area contributed by atoms with Crippen LogP contribution in [0.2, 0.25) is 0 Å². The van der Waals surface area contributed by atoms with Gasteiger partial charge in [0.1, 0.15) is 6.54 Å². The topological polar surface area (TPSA) is 78.4 Å². The fourth-order valence-corrected chi connectivity index (χ4v) is 3.04. The minimum atomic E-state index is -0.151. The van der Waals surface area contributed by atoms with Crippen LogP contribution in [0.3, 0.4) is 0 Å². The van der Waals surface area contributed by atoms with E-state index in [4.69, 9.17) is 9.47 Å². The number of nitrogens with zero attached hydrogens (tertiary/aromatic N) is 3. The molecule has 9 heteroatoms. The molecule has 2 aliphatic rings. The standard InChI is InChI=1S/C18H35N5O3.HI/c1-18(6-4-11-26-18)15-21-17(20-14-16(24)22(2)3)19-7-5-8-23-9-12-25-13-10-23;/h4-15H2,1-3H3,(H2,19,20,21);1H. The van der Waals surface area contributed by atoms with Gasteiger partial charge in [-0.05, 0) is 32.7 Å². The molecule has 0 saturated carbocycles. The van der Waals surface area contributed by atoms with E-state index in [1.54, 1.807) is 19.0 Å². The Labute approximate surface area is 180 Å². The molecule has 0 aromatic carbocycles. The molecule has 2 saturated heterocycles. The van der Waals surface area contributed by atoms with Gasteiger partial charge < -0.3 is 25.0 Å². The van der Waals surface area contributed by atoms with Gasteiger partial charge in [0, 0.05) is 46.9 Å². The third-order valence-electron chi connectivity index (χ3n) is 4.85. The summed E-state index contributed by atoms with van der Waals surface area (Å²) in [6.07, 6.45) is 3.16. The van der Waals surface area contributed by atoms with Crippen LogP contribution in [-0.4, -0.2) is 100 Å². The molecule has 2 heterocycles. The van der Waals surface area contributed by atoms with Gasteiger partial charge in [0.15, 0.2) is 5.96 Å². The number of guanidine groups is 1. The van der Waals surface area contributed by atoms with Gasteiger partial charge >= 0.3 is 0 Å². The Bertz CT molecular complexity index is 464. The van der Waals surface area contributed by atoms with Crippen LogP contribution in [0.4, 0.5) is 0 Å². The maximum atomic E-state index is 11.8. The van der Waals surface area contributed by atoms with Crippen LogP contribution in [0, 0.1) is 0 Å². The van der Waals surface area contributed by atoms with Gasteiger partial charge in [0.2, 0.25) is 5.91 Å². The van der Waals surface area contributed by atoms with Gasteiger partial charge in [-0.1, -0.05) is 0 Å². The quantitative estimate of drug-likeness (QED) is 0.221. The first-order chi connectivity index (χ1) is 12.5. The average molecular weight is 497 g/mol. The zero-order chi connectivity index (χ0) is 18.8. The highest BCUT2D eigenvalue weighted by Gasteiger charge is 2.29. The van der Waals surface area contributed by atoms with E-state index in [0.29, 0.717) is 12.5 Å². The molecule has 0 aromatic heterocycles. The van der Waals surface area contributed by atoms with Crippen molar-refractivity contribution in [2.24, 2.45) is 4.99 Å². The number of morpholine rings is 1. The molecule has 8 nitrogen and oxygen atoms in total. The van der Waals surface area contributed by atoms with E-state index in [9.17, 15) is 4.79 Å². The van der Waals surface area contributed by atoms with Crippen LogP contribution in [0.1, 0.15) is 26.2 Å². The Balaban J connectivity index is 0.00000364. The molecule has 1 amide bonds. The van der Waals surface area contributed by atoms with Crippen molar-refractivity contribution in [3.05, 3.63) is 0 Å². The van der Waals surface area contributed by atoms with E-state index in [-0.39, 0.29) is 42.0 Å². The summed E-state index contributed by atoms with van der Waals surface area (Å²) in [6, 6.07) is 0. The van der Waals surface area contributed by atoms with Crippen molar-refractivity contribution in [3.63, 3.8) is 0 Å². The molecule has 2 fully saturated rings. The van der Waals surface area contributed by atoms with Crippen molar-refractivity contribution < 1.29 is 14.3 Å². The number of hydrogen-bond acceptors (Lipinski definition) is 5. The maximum Gasteiger partial charge on any atom is 0.243 e. The minimum Gasteiger partial charge on any atom is -0.379 e.